The summed E-state index contributed by atoms with van der Waals surface area (Å²) in [6, 6.07) is 5.26. The third-order valence-electron chi connectivity index (χ3n) is 2.56. The minimum Gasteiger partial charge on any atom is -0.486 e. The van der Waals surface area contributed by atoms with Gasteiger partial charge < -0.3 is 14.8 Å². The average Bonchev–Trinajstić information content (AvgIpc) is 2.52. The predicted molar refractivity (Wildman–Crippen MR) is 76.4 cm³/mol. The van der Waals surface area contributed by atoms with Crippen LogP contribution in [0.4, 0.5) is 0 Å². The van der Waals surface area contributed by atoms with Crippen LogP contribution in [0.2, 0.25) is 0 Å². The molecule has 1 aliphatic rings. The van der Waals surface area contributed by atoms with Crippen molar-refractivity contribution in [1.29, 1.82) is 0 Å². The molecule has 110 valence electrons. The maximum atomic E-state index is 11.4. The van der Waals surface area contributed by atoms with Crippen LogP contribution in [0.3, 0.4) is 0 Å². The van der Waals surface area contributed by atoms with Crippen LogP contribution < -0.4 is 20.2 Å². The largest absolute Gasteiger partial charge is 0.486 e. The molecule has 1 aliphatic heterocycles. The van der Waals surface area contributed by atoms with Gasteiger partial charge in [0.2, 0.25) is 0 Å². The van der Waals surface area contributed by atoms with Crippen LogP contribution >= 0.6 is 0 Å². The van der Waals surface area contributed by atoms with E-state index >= 15 is 0 Å². The monoisotopic (exact) mass is 289 g/mol. The predicted octanol–water partition coefficient (Wildman–Crippen LogP) is 0.210. The molecule has 0 aromatic heterocycles. The molecular formula is C14H15N3O4. The Morgan fingerprint density at radius 2 is 2.00 bits per heavy atom. The highest BCUT2D eigenvalue weighted by Crippen LogP contribution is 2.30. The molecule has 0 spiro atoms. The lowest BCUT2D eigenvalue weighted by Gasteiger charge is -2.18. The first-order chi connectivity index (χ1) is 10.2. The van der Waals surface area contributed by atoms with Crippen molar-refractivity contribution >= 4 is 18.0 Å². The summed E-state index contributed by atoms with van der Waals surface area (Å²) < 4.78 is 10.8. The number of ether oxygens (including phenoxy) is 2. The summed E-state index contributed by atoms with van der Waals surface area (Å²) in [4.78, 5) is 22.6. The fraction of sp³-hybridized carbons (Fsp3) is 0.214. The van der Waals surface area contributed by atoms with Crippen LogP contribution in [0.25, 0.3) is 0 Å². The second kappa shape index (κ2) is 7.09. The van der Waals surface area contributed by atoms with Crippen molar-refractivity contribution in [3.8, 4) is 11.5 Å². The molecule has 7 nitrogen and oxygen atoms in total. The standard InChI is InChI=1S/C14H15N3O4/c1-2-5-15-13(18)14(19)17-16-9-10-3-4-11-12(8-10)21-7-6-20-11/h2-4,8-9H,1,5-7H2,(H,15,18)(H,17,19). The van der Waals surface area contributed by atoms with Gasteiger partial charge in [-0.05, 0) is 23.8 Å². The Morgan fingerprint density at radius 1 is 1.24 bits per heavy atom. The fourth-order valence-electron chi connectivity index (χ4n) is 1.60. The summed E-state index contributed by atoms with van der Waals surface area (Å²) in [5, 5.41) is 6.05. The van der Waals surface area contributed by atoms with E-state index in [0.717, 1.165) is 0 Å². The molecule has 21 heavy (non-hydrogen) atoms. The first-order valence-electron chi connectivity index (χ1n) is 6.32. The van der Waals surface area contributed by atoms with Gasteiger partial charge in [-0.3, -0.25) is 9.59 Å². The molecule has 0 fully saturated rings. The van der Waals surface area contributed by atoms with Gasteiger partial charge in [0.1, 0.15) is 13.2 Å². The van der Waals surface area contributed by atoms with Crippen LogP contribution in [0.15, 0.2) is 36.0 Å². The Kier molecular flexibility index (Phi) is 4.92. The molecule has 2 rings (SSSR count). The Balaban J connectivity index is 1.90. The zero-order chi connectivity index (χ0) is 15.1. The van der Waals surface area contributed by atoms with Gasteiger partial charge in [0.15, 0.2) is 11.5 Å². The smallest absolute Gasteiger partial charge is 0.329 e. The third kappa shape index (κ3) is 4.07. The first-order valence-corrected chi connectivity index (χ1v) is 6.32. The minimum absolute atomic E-state index is 0.220. The van der Waals surface area contributed by atoms with Crippen molar-refractivity contribution < 1.29 is 19.1 Å². The molecule has 1 heterocycles. The van der Waals surface area contributed by atoms with E-state index in [2.05, 4.69) is 22.4 Å². The number of benzene rings is 1. The second-order valence-electron chi connectivity index (χ2n) is 4.10. The summed E-state index contributed by atoms with van der Waals surface area (Å²) in [7, 11) is 0. The summed E-state index contributed by atoms with van der Waals surface area (Å²) in [6.45, 7) is 4.67. The molecule has 2 N–H and O–H groups in total. The SMILES string of the molecule is C=CCNC(=O)C(=O)NN=Cc1ccc2c(c1)OCCO2. The van der Waals surface area contributed by atoms with Crippen molar-refractivity contribution in [1.82, 2.24) is 10.7 Å². The quantitative estimate of drug-likeness (QED) is 0.359. The summed E-state index contributed by atoms with van der Waals surface area (Å²) in [5.41, 5.74) is 2.85. The van der Waals surface area contributed by atoms with Crippen molar-refractivity contribution in [2.75, 3.05) is 19.8 Å². The molecule has 1 aromatic rings. The normalized spacial score (nSPS) is 12.8. The Hall–Kier alpha value is -2.83. The first kappa shape index (κ1) is 14.6. The molecule has 0 bridgehead atoms. The number of hydrogen-bond donors (Lipinski definition) is 2. The summed E-state index contributed by atoms with van der Waals surface area (Å²) in [6.07, 6.45) is 2.89. The number of carbonyl (C=O) groups excluding carboxylic acids is 2. The van der Waals surface area contributed by atoms with E-state index in [4.69, 9.17) is 9.47 Å². The molecular weight excluding hydrogens is 274 g/mol. The lowest BCUT2D eigenvalue weighted by atomic mass is 10.2. The summed E-state index contributed by atoms with van der Waals surface area (Å²) >= 11 is 0. The highest BCUT2D eigenvalue weighted by atomic mass is 16.6. The molecule has 0 atom stereocenters. The second-order valence-corrected chi connectivity index (χ2v) is 4.10. The Labute approximate surface area is 121 Å². The number of carbonyl (C=O) groups is 2. The van der Waals surface area contributed by atoms with Gasteiger partial charge in [-0.2, -0.15) is 5.10 Å². The van der Waals surface area contributed by atoms with Crippen molar-refractivity contribution in [2.24, 2.45) is 5.10 Å². The zero-order valence-electron chi connectivity index (χ0n) is 11.3. The number of nitrogens with one attached hydrogen (secondary N) is 2. The van der Waals surface area contributed by atoms with Gasteiger partial charge in [-0.15, -0.1) is 6.58 Å². The van der Waals surface area contributed by atoms with Crippen LogP contribution in [0.5, 0.6) is 11.5 Å². The van der Waals surface area contributed by atoms with Gasteiger partial charge in [0.05, 0.1) is 6.21 Å². The molecule has 1 aromatic carbocycles. The lowest BCUT2D eigenvalue weighted by Crippen LogP contribution is -2.37. The number of nitrogens with zero attached hydrogens (tertiary/aromatic N) is 1. The average molecular weight is 289 g/mol. The molecule has 7 heteroatoms. The fourth-order valence-corrected chi connectivity index (χ4v) is 1.60. The van der Waals surface area contributed by atoms with E-state index in [9.17, 15) is 9.59 Å². The van der Waals surface area contributed by atoms with Crippen LogP contribution in [-0.4, -0.2) is 37.8 Å². The minimum atomic E-state index is -0.842. The van der Waals surface area contributed by atoms with Crippen molar-refractivity contribution in [3.63, 3.8) is 0 Å². The van der Waals surface area contributed by atoms with Gasteiger partial charge in [-0.1, -0.05) is 6.08 Å². The molecule has 2 amide bonds. The van der Waals surface area contributed by atoms with Crippen LogP contribution in [-0.2, 0) is 9.59 Å². The maximum absolute atomic E-state index is 11.4. The van der Waals surface area contributed by atoms with Gasteiger partial charge in [-0.25, -0.2) is 5.43 Å². The number of rotatable bonds is 4. The highest BCUT2D eigenvalue weighted by molar-refractivity contribution is 6.35. The number of amides is 2. The lowest BCUT2D eigenvalue weighted by molar-refractivity contribution is -0.139. The topological polar surface area (TPSA) is 89.0 Å². The molecule has 0 saturated heterocycles. The van der Waals surface area contributed by atoms with Gasteiger partial charge in [0.25, 0.3) is 0 Å². The molecule has 0 radical (unpaired) electrons. The van der Waals surface area contributed by atoms with E-state index < -0.39 is 11.8 Å². The Morgan fingerprint density at radius 3 is 2.76 bits per heavy atom. The maximum Gasteiger partial charge on any atom is 0.329 e. The molecule has 0 saturated carbocycles. The van der Waals surface area contributed by atoms with E-state index in [-0.39, 0.29) is 6.54 Å². The molecule has 0 unspecified atom stereocenters. The Bertz CT molecular complexity index is 584. The van der Waals surface area contributed by atoms with E-state index in [0.29, 0.717) is 30.3 Å². The third-order valence-corrected chi connectivity index (χ3v) is 2.56. The van der Waals surface area contributed by atoms with E-state index in [1.165, 1.54) is 12.3 Å². The van der Waals surface area contributed by atoms with Crippen LogP contribution in [0, 0.1) is 0 Å². The van der Waals surface area contributed by atoms with Crippen molar-refractivity contribution in [3.05, 3.63) is 36.4 Å². The van der Waals surface area contributed by atoms with Gasteiger partial charge in [0, 0.05) is 6.54 Å². The van der Waals surface area contributed by atoms with E-state index in [1.807, 2.05) is 0 Å². The van der Waals surface area contributed by atoms with Crippen LogP contribution in [0.1, 0.15) is 5.56 Å². The summed E-state index contributed by atoms with van der Waals surface area (Å²) in [5.74, 6) is -0.314. The number of hydrazone groups is 1. The highest BCUT2D eigenvalue weighted by Gasteiger charge is 2.12. The van der Waals surface area contributed by atoms with E-state index in [1.54, 1.807) is 18.2 Å². The zero-order valence-corrected chi connectivity index (χ0v) is 11.3. The number of hydrogen-bond acceptors (Lipinski definition) is 5. The van der Waals surface area contributed by atoms with Crippen molar-refractivity contribution in [2.45, 2.75) is 0 Å². The number of fused-ring (bicyclic) bond motifs is 1. The van der Waals surface area contributed by atoms with Gasteiger partial charge >= 0.3 is 11.8 Å². The molecule has 0 aliphatic carbocycles.